The number of ether oxygens (including phenoxy) is 1. The summed E-state index contributed by atoms with van der Waals surface area (Å²) in [6.45, 7) is 4.27. The number of hydrogen-bond donors (Lipinski definition) is 1. The number of thiocarbonyl (C=S) groups is 1. The third-order valence-corrected chi connectivity index (χ3v) is 7.66. The molecular formula is C29H25N5OS2. The van der Waals surface area contributed by atoms with Gasteiger partial charge in [-0.3, -0.25) is 9.55 Å². The molecule has 0 spiro atoms. The molecule has 1 fully saturated rings. The summed E-state index contributed by atoms with van der Waals surface area (Å²) in [5.41, 5.74) is 5.38. The van der Waals surface area contributed by atoms with Crippen molar-refractivity contribution < 1.29 is 4.74 Å². The third kappa shape index (κ3) is 4.39. The van der Waals surface area contributed by atoms with Gasteiger partial charge in [-0.25, -0.2) is 4.98 Å². The number of benzene rings is 2. The van der Waals surface area contributed by atoms with Gasteiger partial charge < -0.3 is 15.0 Å². The Hall–Kier alpha value is -4.01. The molecule has 1 N–H and O–H groups in total. The summed E-state index contributed by atoms with van der Waals surface area (Å²) >= 11 is 7.54. The maximum absolute atomic E-state index is 6.02. The van der Waals surface area contributed by atoms with Crippen LogP contribution in [0.25, 0.3) is 5.13 Å². The summed E-state index contributed by atoms with van der Waals surface area (Å²) < 4.78 is 8.23. The Labute approximate surface area is 225 Å². The van der Waals surface area contributed by atoms with Crippen molar-refractivity contribution in [1.29, 1.82) is 0 Å². The van der Waals surface area contributed by atoms with Crippen LogP contribution >= 0.6 is 23.6 Å². The summed E-state index contributed by atoms with van der Waals surface area (Å²) in [6.07, 6.45) is 3.67. The molecule has 5 aromatic rings. The highest BCUT2D eigenvalue weighted by atomic mass is 32.1. The largest absolute Gasteiger partial charge is 0.457 e. The molecular weight excluding hydrogens is 498 g/mol. The van der Waals surface area contributed by atoms with Crippen molar-refractivity contribution in [1.82, 2.24) is 19.9 Å². The standard InChI is InChI=1S/C29H25N5OS2/c1-19-18-24(20(2)33(19)29-31-16-17-37-29)27-26(25-10-6-7-15-30-25)32-28(36)34(27)21-11-13-23(14-12-21)35-22-8-4-3-5-9-22/h3-18,26-27H,1-2H3,(H,32,36)/t26-,27+/m0/s1. The number of nitrogens with one attached hydrogen (secondary N) is 1. The molecule has 0 bridgehead atoms. The molecule has 0 aliphatic carbocycles. The van der Waals surface area contributed by atoms with Crippen molar-refractivity contribution in [2.24, 2.45) is 0 Å². The maximum Gasteiger partial charge on any atom is 0.193 e. The Morgan fingerprint density at radius 1 is 0.892 bits per heavy atom. The van der Waals surface area contributed by atoms with Gasteiger partial charge in [-0.1, -0.05) is 24.3 Å². The molecule has 2 atom stereocenters. The Bertz CT molecular complexity index is 1520. The van der Waals surface area contributed by atoms with Gasteiger partial charge in [0.15, 0.2) is 10.2 Å². The van der Waals surface area contributed by atoms with E-state index in [-0.39, 0.29) is 12.1 Å². The second kappa shape index (κ2) is 9.80. The van der Waals surface area contributed by atoms with E-state index in [1.54, 1.807) is 11.3 Å². The molecule has 8 heteroatoms. The highest BCUT2D eigenvalue weighted by Crippen LogP contribution is 2.44. The van der Waals surface area contributed by atoms with Gasteiger partial charge in [-0.2, -0.15) is 0 Å². The molecule has 1 aliphatic rings. The monoisotopic (exact) mass is 523 g/mol. The summed E-state index contributed by atoms with van der Waals surface area (Å²) in [6, 6.07) is 25.9. The molecule has 2 aromatic carbocycles. The quantitative estimate of drug-likeness (QED) is 0.244. The van der Waals surface area contributed by atoms with E-state index < -0.39 is 0 Å². The predicted molar refractivity (Wildman–Crippen MR) is 152 cm³/mol. The molecule has 0 saturated carbocycles. The van der Waals surface area contributed by atoms with Crippen LogP contribution in [0.5, 0.6) is 11.5 Å². The number of aromatic nitrogens is 3. The lowest BCUT2D eigenvalue weighted by atomic mass is 9.96. The van der Waals surface area contributed by atoms with E-state index in [2.05, 4.69) is 56.8 Å². The molecule has 37 heavy (non-hydrogen) atoms. The lowest BCUT2D eigenvalue weighted by Crippen LogP contribution is -2.29. The molecule has 0 radical (unpaired) electrons. The van der Waals surface area contributed by atoms with Crippen LogP contribution in [0, 0.1) is 13.8 Å². The SMILES string of the molecule is Cc1cc([C@@H]2[C@H](c3ccccn3)NC(=S)N2c2ccc(Oc3ccccc3)cc2)c(C)n1-c1nccs1. The summed E-state index contributed by atoms with van der Waals surface area (Å²) in [5, 5.41) is 7.18. The topological polar surface area (TPSA) is 55.2 Å². The van der Waals surface area contributed by atoms with Crippen molar-refractivity contribution in [2.45, 2.75) is 25.9 Å². The summed E-state index contributed by atoms with van der Waals surface area (Å²) in [7, 11) is 0. The predicted octanol–water partition coefficient (Wildman–Crippen LogP) is 6.92. The van der Waals surface area contributed by atoms with Gasteiger partial charge in [0, 0.05) is 34.8 Å². The first-order valence-corrected chi connectivity index (χ1v) is 13.3. The zero-order chi connectivity index (χ0) is 25.4. The van der Waals surface area contributed by atoms with Crippen LogP contribution in [0.1, 0.15) is 34.7 Å². The van der Waals surface area contributed by atoms with Gasteiger partial charge in [0.1, 0.15) is 11.5 Å². The first kappa shape index (κ1) is 23.4. The van der Waals surface area contributed by atoms with E-state index in [1.165, 1.54) is 5.56 Å². The van der Waals surface area contributed by atoms with Gasteiger partial charge in [-0.05, 0) is 86.2 Å². The number of para-hydroxylation sites is 1. The van der Waals surface area contributed by atoms with Crippen LogP contribution in [0.15, 0.2) is 96.6 Å². The molecule has 3 aromatic heterocycles. The number of anilines is 1. The smallest absolute Gasteiger partial charge is 0.193 e. The van der Waals surface area contributed by atoms with Crippen LogP contribution in [0.2, 0.25) is 0 Å². The van der Waals surface area contributed by atoms with E-state index in [0.29, 0.717) is 5.11 Å². The van der Waals surface area contributed by atoms with Crippen LogP contribution in [0.4, 0.5) is 5.69 Å². The number of rotatable bonds is 6. The second-order valence-electron chi connectivity index (χ2n) is 8.88. The molecule has 1 aliphatic heterocycles. The van der Waals surface area contributed by atoms with Crippen molar-refractivity contribution in [3.63, 3.8) is 0 Å². The zero-order valence-electron chi connectivity index (χ0n) is 20.4. The maximum atomic E-state index is 6.02. The van der Waals surface area contributed by atoms with E-state index in [0.717, 1.165) is 39.4 Å². The van der Waals surface area contributed by atoms with Gasteiger partial charge >= 0.3 is 0 Å². The van der Waals surface area contributed by atoms with Gasteiger partial charge in [0.25, 0.3) is 0 Å². The fourth-order valence-electron chi connectivity index (χ4n) is 4.96. The minimum Gasteiger partial charge on any atom is -0.457 e. The number of pyridine rings is 1. The normalized spacial score (nSPS) is 17.1. The van der Waals surface area contributed by atoms with Crippen LogP contribution in [-0.2, 0) is 0 Å². The van der Waals surface area contributed by atoms with E-state index in [1.807, 2.05) is 78.4 Å². The average Bonchev–Trinajstić information content (AvgIpc) is 3.63. The molecule has 0 amide bonds. The molecule has 6 rings (SSSR count). The third-order valence-electron chi connectivity index (χ3n) is 6.59. The molecule has 4 heterocycles. The average molecular weight is 524 g/mol. The Morgan fingerprint density at radius 3 is 2.35 bits per heavy atom. The van der Waals surface area contributed by atoms with Crippen molar-refractivity contribution >= 4 is 34.4 Å². The van der Waals surface area contributed by atoms with Crippen LogP contribution in [0.3, 0.4) is 0 Å². The minimum absolute atomic E-state index is 0.0943. The zero-order valence-corrected chi connectivity index (χ0v) is 22.0. The lowest BCUT2D eigenvalue weighted by molar-refractivity contribution is 0.482. The number of hydrogen-bond acceptors (Lipinski definition) is 5. The second-order valence-corrected chi connectivity index (χ2v) is 10.1. The molecule has 0 unspecified atom stereocenters. The number of nitrogens with zero attached hydrogens (tertiary/aromatic N) is 4. The number of aryl methyl sites for hydroxylation is 1. The molecule has 1 saturated heterocycles. The van der Waals surface area contributed by atoms with Gasteiger partial charge in [-0.15, -0.1) is 11.3 Å². The van der Waals surface area contributed by atoms with Crippen molar-refractivity contribution in [3.05, 3.63) is 119 Å². The van der Waals surface area contributed by atoms with Crippen LogP contribution in [-0.4, -0.2) is 19.6 Å². The fourth-order valence-corrected chi connectivity index (χ4v) is 6.05. The van der Waals surface area contributed by atoms with Crippen molar-refractivity contribution in [3.8, 4) is 16.6 Å². The van der Waals surface area contributed by atoms with E-state index in [9.17, 15) is 0 Å². The van der Waals surface area contributed by atoms with Gasteiger partial charge in [0.2, 0.25) is 0 Å². The summed E-state index contributed by atoms with van der Waals surface area (Å²) in [4.78, 5) is 11.4. The van der Waals surface area contributed by atoms with Gasteiger partial charge in [0.05, 0.1) is 17.8 Å². The Kier molecular flexibility index (Phi) is 6.20. The lowest BCUT2D eigenvalue weighted by Gasteiger charge is -2.28. The minimum atomic E-state index is -0.112. The first-order chi connectivity index (χ1) is 18.1. The Morgan fingerprint density at radius 2 is 1.65 bits per heavy atom. The Balaban J connectivity index is 1.41. The summed E-state index contributed by atoms with van der Waals surface area (Å²) in [5.74, 6) is 1.57. The first-order valence-electron chi connectivity index (χ1n) is 12.0. The number of thiazole rings is 1. The molecule has 6 nitrogen and oxygen atoms in total. The highest BCUT2D eigenvalue weighted by molar-refractivity contribution is 7.80. The molecule has 184 valence electrons. The van der Waals surface area contributed by atoms with E-state index in [4.69, 9.17) is 17.0 Å². The van der Waals surface area contributed by atoms with E-state index >= 15 is 0 Å². The highest BCUT2D eigenvalue weighted by Gasteiger charge is 2.42. The fraction of sp³-hybridized carbons (Fsp3) is 0.138. The van der Waals surface area contributed by atoms with Crippen molar-refractivity contribution in [2.75, 3.05) is 4.90 Å². The van der Waals surface area contributed by atoms with Crippen LogP contribution < -0.4 is 15.0 Å².